The fraction of sp³-hybridized carbons (Fsp3) is 0.350. The van der Waals surface area contributed by atoms with Crippen LogP contribution in [0.4, 0.5) is 0 Å². The van der Waals surface area contributed by atoms with Crippen LogP contribution in [0.3, 0.4) is 0 Å². The lowest BCUT2D eigenvalue weighted by Crippen LogP contribution is -3.14. The highest BCUT2D eigenvalue weighted by molar-refractivity contribution is 5.97. The number of benzene rings is 2. The molecule has 2 N–H and O–H groups in total. The van der Waals surface area contributed by atoms with Crippen molar-refractivity contribution in [1.82, 2.24) is 5.32 Å². The van der Waals surface area contributed by atoms with Gasteiger partial charge in [0.15, 0.2) is 0 Å². The normalized spacial score (nSPS) is 19.9. The molecule has 1 heterocycles. The van der Waals surface area contributed by atoms with E-state index < -0.39 is 0 Å². The second kappa shape index (κ2) is 7.97. The molecule has 0 saturated carbocycles. The molecular formula is C20H25N2O2+. The van der Waals surface area contributed by atoms with Crippen LogP contribution in [0.1, 0.15) is 30.1 Å². The second-order valence-electron chi connectivity index (χ2n) is 6.22. The van der Waals surface area contributed by atoms with E-state index in [0.29, 0.717) is 17.4 Å². The van der Waals surface area contributed by atoms with E-state index in [9.17, 15) is 4.79 Å². The van der Waals surface area contributed by atoms with Gasteiger partial charge >= 0.3 is 0 Å². The number of para-hydroxylation sites is 2. The van der Waals surface area contributed by atoms with Crippen LogP contribution in [0.5, 0.6) is 11.5 Å². The van der Waals surface area contributed by atoms with E-state index >= 15 is 0 Å². The molecule has 1 saturated heterocycles. The summed E-state index contributed by atoms with van der Waals surface area (Å²) in [6.45, 7) is 5.26. The lowest BCUT2D eigenvalue weighted by Gasteiger charge is -2.20. The van der Waals surface area contributed by atoms with Gasteiger partial charge in [-0.25, -0.2) is 0 Å². The Morgan fingerprint density at radius 3 is 2.71 bits per heavy atom. The number of hydrogen-bond acceptors (Lipinski definition) is 2. The van der Waals surface area contributed by atoms with Crippen molar-refractivity contribution in [3.05, 3.63) is 60.2 Å². The third-order valence-electron chi connectivity index (χ3n) is 4.69. The minimum absolute atomic E-state index is 0.0658. The number of rotatable bonds is 6. The summed E-state index contributed by atoms with van der Waals surface area (Å²) in [6.07, 6.45) is 2.43. The molecule has 1 unspecified atom stereocenters. The van der Waals surface area contributed by atoms with Crippen molar-refractivity contribution in [3.63, 3.8) is 0 Å². The Morgan fingerprint density at radius 2 is 1.92 bits per heavy atom. The number of amides is 1. The molecule has 126 valence electrons. The lowest BCUT2D eigenvalue weighted by atomic mass is 10.1. The zero-order valence-corrected chi connectivity index (χ0v) is 14.1. The largest absolute Gasteiger partial charge is 0.457 e. The summed E-state index contributed by atoms with van der Waals surface area (Å²) >= 11 is 0. The van der Waals surface area contributed by atoms with Gasteiger partial charge in [0.05, 0.1) is 25.2 Å². The summed E-state index contributed by atoms with van der Waals surface area (Å²) in [5.74, 6) is 1.26. The van der Waals surface area contributed by atoms with Gasteiger partial charge in [-0.15, -0.1) is 0 Å². The standard InChI is InChI=1S/C20H24N2O2/c1-2-22-14-8-9-16(22)15-21-20(23)18-12-6-7-13-19(18)24-17-10-4-3-5-11-17/h3-7,10-13,16H,2,8-9,14-15H2,1H3,(H,21,23)/p+1/t16-/m1/s1. The molecule has 1 fully saturated rings. The predicted molar refractivity (Wildman–Crippen MR) is 94.7 cm³/mol. The second-order valence-corrected chi connectivity index (χ2v) is 6.22. The van der Waals surface area contributed by atoms with Crippen LogP contribution in [0, 0.1) is 0 Å². The van der Waals surface area contributed by atoms with Crippen LogP contribution in [0.15, 0.2) is 54.6 Å². The predicted octanol–water partition coefficient (Wildman–Crippen LogP) is 2.28. The molecule has 0 aromatic heterocycles. The van der Waals surface area contributed by atoms with Gasteiger partial charge in [-0.2, -0.15) is 0 Å². The summed E-state index contributed by atoms with van der Waals surface area (Å²) < 4.78 is 5.88. The summed E-state index contributed by atoms with van der Waals surface area (Å²) in [6, 6.07) is 17.5. The van der Waals surface area contributed by atoms with Crippen molar-refractivity contribution in [2.45, 2.75) is 25.8 Å². The van der Waals surface area contributed by atoms with Crippen LogP contribution in [-0.2, 0) is 0 Å². The maximum Gasteiger partial charge on any atom is 0.255 e. The summed E-state index contributed by atoms with van der Waals surface area (Å²) in [7, 11) is 0. The molecule has 0 spiro atoms. The average molecular weight is 325 g/mol. The van der Waals surface area contributed by atoms with E-state index in [2.05, 4.69) is 12.2 Å². The number of ether oxygens (including phenoxy) is 1. The Hall–Kier alpha value is -2.33. The monoisotopic (exact) mass is 325 g/mol. The van der Waals surface area contributed by atoms with E-state index in [-0.39, 0.29) is 5.91 Å². The van der Waals surface area contributed by atoms with Crippen LogP contribution in [-0.4, -0.2) is 31.6 Å². The van der Waals surface area contributed by atoms with Gasteiger partial charge in [0.2, 0.25) is 0 Å². The highest BCUT2D eigenvalue weighted by atomic mass is 16.5. The number of carbonyl (C=O) groups is 1. The molecule has 0 aliphatic carbocycles. The van der Waals surface area contributed by atoms with Crippen LogP contribution >= 0.6 is 0 Å². The minimum Gasteiger partial charge on any atom is -0.457 e. The zero-order valence-electron chi connectivity index (χ0n) is 14.1. The maximum absolute atomic E-state index is 12.6. The minimum atomic E-state index is -0.0658. The molecule has 1 aliphatic heterocycles. The summed E-state index contributed by atoms with van der Waals surface area (Å²) in [5, 5.41) is 3.09. The summed E-state index contributed by atoms with van der Waals surface area (Å²) in [4.78, 5) is 14.2. The van der Waals surface area contributed by atoms with E-state index in [4.69, 9.17) is 4.74 Å². The van der Waals surface area contributed by atoms with Crippen molar-refractivity contribution < 1.29 is 14.4 Å². The molecule has 0 bridgehead atoms. The number of likely N-dealkylation sites (tertiary alicyclic amines) is 1. The number of hydrogen-bond donors (Lipinski definition) is 2. The van der Waals surface area contributed by atoms with E-state index in [0.717, 1.165) is 18.8 Å². The Kier molecular flexibility index (Phi) is 5.49. The number of quaternary nitrogens is 1. The number of nitrogens with one attached hydrogen (secondary N) is 2. The van der Waals surface area contributed by atoms with Crippen molar-refractivity contribution in [1.29, 1.82) is 0 Å². The third kappa shape index (κ3) is 3.95. The van der Waals surface area contributed by atoms with Crippen LogP contribution in [0.25, 0.3) is 0 Å². The molecule has 2 aromatic carbocycles. The van der Waals surface area contributed by atoms with Crippen molar-refractivity contribution in [2.75, 3.05) is 19.6 Å². The molecule has 3 rings (SSSR count). The van der Waals surface area contributed by atoms with Gasteiger partial charge in [-0.05, 0) is 31.2 Å². The first-order valence-electron chi connectivity index (χ1n) is 8.72. The molecule has 1 amide bonds. The first-order valence-corrected chi connectivity index (χ1v) is 8.72. The average Bonchev–Trinajstić information content (AvgIpc) is 3.08. The lowest BCUT2D eigenvalue weighted by molar-refractivity contribution is -0.909. The molecule has 4 heteroatoms. The van der Waals surface area contributed by atoms with E-state index in [1.54, 1.807) is 4.90 Å². The smallest absolute Gasteiger partial charge is 0.255 e. The molecular weight excluding hydrogens is 300 g/mol. The van der Waals surface area contributed by atoms with Crippen molar-refractivity contribution >= 4 is 5.91 Å². The zero-order chi connectivity index (χ0) is 16.8. The molecule has 4 nitrogen and oxygen atoms in total. The van der Waals surface area contributed by atoms with Gasteiger partial charge in [0.1, 0.15) is 17.5 Å². The van der Waals surface area contributed by atoms with Gasteiger partial charge in [0, 0.05) is 12.8 Å². The Labute approximate surface area is 143 Å². The first kappa shape index (κ1) is 16.5. The Bertz CT molecular complexity index is 672. The van der Waals surface area contributed by atoms with Gasteiger partial charge in [-0.3, -0.25) is 4.79 Å². The van der Waals surface area contributed by atoms with Crippen molar-refractivity contribution in [3.8, 4) is 11.5 Å². The van der Waals surface area contributed by atoms with E-state index in [1.165, 1.54) is 19.4 Å². The number of carbonyl (C=O) groups excluding carboxylic acids is 1. The van der Waals surface area contributed by atoms with Gasteiger partial charge < -0.3 is 15.0 Å². The fourth-order valence-corrected chi connectivity index (χ4v) is 3.37. The first-order chi connectivity index (χ1) is 11.8. The quantitative estimate of drug-likeness (QED) is 0.856. The van der Waals surface area contributed by atoms with Gasteiger partial charge in [-0.1, -0.05) is 30.3 Å². The molecule has 1 aliphatic rings. The molecule has 2 atom stereocenters. The fourth-order valence-electron chi connectivity index (χ4n) is 3.37. The van der Waals surface area contributed by atoms with Gasteiger partial charge in [0.25, 0.3) is 5.91 Å². The number of likely N-dealkylation sites (N-methyl/N-ethyl adjacent to an activating group) is 1. The van der Waals surface area contributed by atoms with E-state index in [1.807, 2.05) is 54.6 Å². The third-order valence-corrected chi connectivity index (χ3v) is 4.69. The molecule has 0 radical (unpaired) electrons. The summed E-state index contributed by atoms with van der Waals surface area (Å²) in [5.41, 5.74) is 0.581. The molecule has 2 aromatic rings. The SMILES string of the molecule is CC[NH+]1CCC[C@@H]1CNC(=O)c1ccccc1Oc1ccccc1. The molecule has 24 heavy (non-hydrogen) atoms. The van der Waals surface area contributed by atoms with Crippen molar-refractivity contribution in [2.24, 2.45) is 0 Å². The highest BCUT2D eigenvalue weighted by Gasteiger charge is 2.27. The Balaban J connectivity index is 1.66. The maximum atomic E-state index is 12.6. The topological polar surface area (TPSA) is 42.8 Å². The van der Waals surface area contributed by atoms with Crippen LogP contribution < -0.4 is 15.0 Å². The van der Waals surface area contributed by atoms with Crippen LogP contribution in [0.2, 0.25) is 0 Å². The Morgan fingerprint density at radius 1 is 1.17 bits per heavy atom. The highest BCUT2D eigenvalue weighted by Crippen LogP contribution is 2.24.